The fourth-order valence-corrected chi connectivity index (χ4v) is 8.51. The summed E-state index contributed by atoms with van der Waals surface area (Å²) < 4.78 is 17.3. The Bertz CT molecular complexity index is 1910. The highest BCUT2D eigenvalue weighted by Crippen LogP contribution is 2.52. The fraction of sp³-hybridized carbons (Fsp3) is 0.341. The Labute approximate surface area is 283 Å². The highest BCUT2D eigenvalue weighted by molar-refractivity contribution is 5.90. The maximum atomic E-state index is 14.0. The Morgan fingerprint density at radius 1 is 0.792 bits per heavy atom. The standard InChI is InChI=1S/C41H45N3O4/c1-46-34-17-9-6-14-28(34)22-26-20-21-33-31(23-26)37-32(24-29-15-7-10-18-35(29)47-2)40(41(42)45)44(25-30-16-8-11-19-36(30)48-3)39(38(37)43-33)27-12-4-5-13-27/h6-11,14-21,23,27,32,39-40,43H,4-5,12-13,22,24-25H2,1-3H3,(H2,42,45). The Morgan fingerprint density at radius 2 is 1.38 bits per heavy atom. The van der Waals surface area contributed by atoms with Crippen LogP contribution in [-0.2, 0) is 24.2 Å². The van der Waals surface area contributed by atoms with E-state index in [0.717, 1.165) is 64.1 Å². The maximum absolute atomic E-state index is 14.0. The van der Waals surface area contributed by atoms with Crippen molar-refractivity contribution in [3.05, 3.63) is 125 Å². The Hall–Kier alpha value is -4.75. The second kappa shape index (κ2) is 13.8. The van der Waals surface area contributed by atoms with Crippen LogP contribution in [0.5, 0.6) is 17.2 Å². The second-order valence-corrected chi connectivity index (χ2v) is 13.3. The lowest BCUT2D eigenvalue weighted by Crippen LogP contribution is -2.54. The summed E-state index contributed by atoms with van der Waals surface area (Å²) in [7, 11) is 5.13. The molecule has 1 aromatic heterocycles. The number of rotatable bonds is 11. The Morgan fingerprint density at radius 3 is 2.02 bits per heavy atom. The summed E-state index contributed by atoms with van der Waals surface area (Å²) in [5.41, 5.74) is 14.4. The number of para-hydroxylation sites is 3. The smallest absolute Gasteiger partial charge is 0.235 e. The summed E-state index contributed by atoms with van der Waals surface area (Å²) in [6.45, 7) is 0.551. The lowest BCUT2D eigenvalue weighted by molar-refractivity contribution is -0.127. The van der Waals surface area contributed by atoms with Crippen LogP contribution in [0.4, 0.5) is 0 Å². The van der Waals surface area contributed by atoms with E-state index in [1.165, 1.54) is 29.7 Å². The number of aromatic amines is 1. The van der Waals surface area contributed by atoms with Gasteiger partial charge in [-0.2, -0.15) is 0 Å². The van der Waals surface area contributed by atoms with Crippen molar-refractivity contribution in [1.82, 2.24) is 9.88 Å². The number of carbonyl (C=O) groups excluding carboxylic acids is 1. The van der Waals surface area contributed by atoms with E-state index >= 15 is 0 Å². The first-order chi connectivity index (χ1) is 23.5. The van der Waals surface area contributed by atoms with Crippen molar-refractivity contribution in [2.24, 2.45) is 11.7 Å². The van der Waals surface area contributed by atoms with Crippen LogP contribution in [0.2, 0.25) is 0 Å². The zero-order valence-electron chi connectivity index (χ0n) is 28.1. The van der Waals surface area contributed by atoms with E-state index < -0.39 is 6.04 Å². The lowest BCUT2D eigenvalue weighted by Gasteiger charge is -2.47. The molecule has 1 saturated carbocycles. The number of nitrogens with two attached hydrogens (primary N) is 1. The number of hydrogen-bond donors (Lipinski definition) is 2. The van der Waals surface area contributed by atoms with E-state index in [9.17, 15) is 4.79 Å². The van der Waals surface area contributed by atoms with Gasteiger partial charge in [0.2, 0.25) is 5.91 Å². The molecule has 4 aromatic carbocycles. The van der Waals surface area contributed by atoms with Gasteiger partial charge in [-0.1, -0.05) is 73.5 Å². The van der Waals surface area contributed by atoms with Gasteiger partial charge in [-0.05, 0) is 77.8 Å². The van der Waals surface area contributed by atoms with Crippen molar-refractivity contribution in [3.8, 4) is 17.2 Å². The average Bonchev–Trinajstić information content (AvgIpc) is 3.77. The first-order valence-electron chi connectivity index (χ1n) is 17.1. The number of ether oxygens (including phenoxy) is 3. The van der Waals surface area contributed by atoms with Gasteiger partial charge in [0.15, 0.2) is 0 Å². The summed E-state index contributed by atoms with van der Waals surface area (Å²) >= 11 is 0. The van der Waals surface area contributed by atoms with Crippen molar-refractivity contribution in [3.63, 3.8) is 0 Å². The topological polar surface area (TPSA) is 89.8 Å². The van der Waals surface area contributed by atoms with Gasteiger partial charge in [0, 0.05) is 41.0 Å². The molecule has 5 aromatic rings. The molecule has 7 nitrogen and oxygen atoms in total. The molecule has 0 radical (unpaired) electrons. The number of methoxy groups -OCH3 is 3. The molecular weight excluding hydrogens is 598 g/mol. The molecule has 0 saturated heterocycles. The number of amides is 1. The molecule has 3 N–H and O–H groups in total. The van der Waals surface area contributed by atoms with Gasteiger partial charge >= 0.3 is 0 Å². The molecule has 7 heteroatoms. The van der Waals surface area contributed by atoms with E-state index in [1.54, 1.807) is 21.3 Å². The molecule has 248 valence electrons. The molecule has 2 aliphatic rings. The largest absolute Gasteiger partial charge is 0.496 e. The summed E-state index contributed by atoms with van der Waals surface area (Å²) in [4.78, 5) is 20.3. The van der Waals surface area contributed by atoms with Gasteiger partial charge < -0.3 is 24.9 Å². The van der Waals surface area contributed by atoms with Gasteiger partial charge in [-0.15, -0.1) is 0 Å². The quantitative estimate of drug-likeness (QED) is 0.154. The van der Waals surface area contributed by atoms with Gasteiger partial charge in [-0.25, -0.2) is 0 Å². The zero-order valence-corrected chi connectivity index (χ0v) is 28.1. The minimum absolute atomic E-state index is 0.00361. The van der Waals surface area contributed by atoms with Crippen LogP contribution < -0.4 is 19.9 Å². The highest BCUT2D eigenvalue weighted by Gasteiger charge is 2.48. The summed E-state index contributed by atoms with van der Waals surface area (Å²) in [5, 5.41) is 1.16. The SMILES string of the molecule is COc1ccccc1Cc1ccc2[nH]c3c(c2c1)C(Cc1ccccc1OC)C(C(N)=O)N(Cc1ccccc1OC)C3C1CCCC1. The normalized spacial score (nSPS) is 19.7. The van der Waals surface area contributed by atoms with E-state index in [2.05, 4.69) is 52.3 Å². The van der Waals surface area contributed by atoms with Gasteiger partial charge in [-0.3, -0.25) is 9.69 Å². The van der Waals surface area contributed by atoms with Crippen molar-refractivity contribution in [1.29, 1.82) is 0 Å². The summed E-state index contributed by atoms with van der Waals surface area (Å²) in [5.74, 6) is 2.39. The second-order valence-electron chi connectivity index (χ2n) is 13.3. The molecule has 2 heterocycles. The number of nitrogens with zero attached hydrogens (tertiary/aromatic N) is 1. The number of primary amides is 1. The van der Waals surface area contributed by atoms with Crippen molar-refractivity contribution in [2.75, 3.05) is 21.3 Å². The lowest BCUT2D eigenvalue weighted by atomic mass is 9.74. The van der Waals surface area contributed by atoms with Crippen molar-refractivity contribution < 1.29 is 19.0 Å². The molecule has 7 rings (SSSR count). The molecule has 1 fully saturated rings. The third kappa shape index (κ3) is 5.92. The van der Waals surface area contributed by atoms with Gasteiger partial charge in [0.25, 0.3) is 0 Å². The number of hydrogen-bond acceptors (Lipinski definition) is 5. The first-order valence-corrected chi connectivity index (χ1v) is 17.1. The fourth-order valence-electron chi connectivity index (χ4n) is 8.51. The van der Waals surface area contributed by atoms with E-state index in [-0.39, 0.29) is 17.9 Å². The summed E-state index contributed by atoms with van der Waals surface area (Å²) in [6.07, 6.45) is 5.95. The van der Waals surface area contributed by atoms with E-state index in [0.29, 0.717) is 18.9 Å². The number of H-pyrrole nitrogens is 1. The predicted octanol–water partition coefficient (Wildman–Crippen LogP) is 7.71. The van der Waals surface area contributed by atoms with E-state index in [1.807, 2.05) is 48.5 Å². The number of aromatic nitrogens is 1. The molecule has 1 aliphatic heterocycles. The third-order valence-electron chi connectivity index (χ3n) is 10.6. The Kier molecular flexibility index (Phi) is 9.13. The molecule has 1 aliphatic carbocycles. The van der Waals surface area contributed by atoms with Crippen LogP contribution in [0.15, 0.2) is 91.0 Å². The van der Waals surface area contributed by atoms with Crippen LogP contribution in [0.1, 0.15) is 71.2 Å². The summed E-state index contributed by atoms with van der Waals surface area (Å²) in [6, 6.07) is 30.6. The van der Waals surface area contributed by atoms with Crippen molar-refractivity contribution >= 4 is 16.8 Å². The minimum Gasteiger partial charge on any atom is -0.496 e. The molecular formula is C41H45N3O4. The van der Waals surface area contributed by atoms with E-state index in [4.69, 9.17) is 19.9 Å². The monoisotopic (exact) mass is 643 g/mol. The number of carbonyl (C=O) groups is 1. The molecule has 48 heavy (non-hydrogen) atoms. The average molecular weight is 644 g/mol. The Balaban J connectivity index is 1.43. The molecule has 3 unspecified atom stereocenters. The molecule has 3 atom stereocenters. The zero-order chi connectivity index (χ0) is 33.2. The predicted molar refractivity (Wildman–Crippen MR) is 190 cm³/mol. The van der Waals surface area contributed by atoms with Crippen LogP contribution in [-0.4, -0.2) is 43.2 Å². The van der Waals surface area contributed by atoms with Crippen LogP contribution >= 0.6 is 0 Å². The third-order valence-corrected chi connectivity index (χ3v) is 10.6. The van der Waals surface area contributed by atoms with Gasteiger partial charge in [0.05, 0.1) is 33.4 Å². The van der Waals surface area contributed by atoms with Crippen LogP contribution in [0.25, 0.3) is 10.9 Å². The molecule has 0 spiro atoms. The van der Waals surface area contributed by atoms with Crippen LogP contribution in [0.3, 0.4) is 0 Å². The van der Waals surface area contributed by atoms with Crippen LogP contribution in [0, 0.1) is 5.92 Å². The molecule has 1 amide bonds. The minimum atomic E-state index is -0.546. The molecule has 0 bridgehead atoms. The number of benzene rings is 4. The number of nitrogens with one attached hydrogen (secondary N) is 1. The van der Waals surface area contributed by atoms with Crippen molar-refractivity contribution in [2.45, 2.75) is 63.1 Å². The first kappa shape index (κ1) is 31.8. The number of fused-ring (bicyclic) bond motifs is 3. The maximum Gasteiger partial charge on any atom is 0.235 e. The van der Waals surface area contributed by atoms with Gasteiger partial charge in [0.1, 0.15) is 17.2 Å². The highest BCUT2D eigenvalue weighted by atomic mass is 16.5.